The van der Waals surface area contributed by atoms with Crippen LogP contribution in [0.1, 0.15) is 37.9 Å². The zero-order valence-corrected chi connectivity index (χ0v) is 9.56. The van der Waals surface area contributed by atoms with Crippen molar-refractivity contribution in [3.63, 3.8) is 0 Å². The number of nitrogens with two attached hydrogens (primary N) is 2. The van der Waals surface area contributed by atoms with E-state index in [0.29, 0.717) is 23.4 Å². The van der Waals surface area contributed by atoms with E-state index in [2.05, 4.69) is 0 Å². The van der Waals surface area contributed by atoms with Crippen molar-refractivity contribution in [3.8, 4) is 0 Å². The summed E-state index contributed by atoms with van der Waals surface area (Å²) in [6.07, 6.45) is 0.569. The largest absolute Gasteiger partial charge is 0.398 e. The number of rotatable bonds is 5. The summed E-state index contributed by atoms with van der Waals surface area (Å²) < 4.78 is 0. The molecule has 1 aromatic carbocycles. The van der Waals surface area contributed by atoms with Crippen LogP contribution >= 0.6 is 0 Å². The molecule has 0 amide bonds. The summed E-state index contributed by atoms with van der Waals surface area (Å²) in [5.74, 6) is 0. The van der Waals surface area contributed by atoms with Crippen LogP contribution in [0.25, 0.3) is 0 Å². The number of hydrogen-bond donors (Lipinski definition) is 4. The van der Waals surface area contributed by atoms with E-state index in [4.69, 9.17) is 11.5 Å². The van der Waals surface area contributed by atoms with Gasteiger partial charge in [0.2, 0.25) is 0 Å². The number of nitrogen functional groups attached to an aromatic ring is 2. The van der Waals surface area contributed by atoms with Crippen LogP contribution < -0.4 is 11.5 Å². The first-order valence-electron chi connectivity index (χ1n) is 5.58. The minimum absolute atomic E-state index is 0.419. The third kappa shape index (κ3) is 2.87. The maximum atomic E-state index is 9.97. The van der Waals surface area contributed by atoms with E-state index >= 15 is 0 Å². The van der Waals surface area contributed by atoms with Crippen molar-refractivity contribution < 1.29 is 10.2 Å². The van der Waals surface area contributed by atoms with Crippen LogP contribution in [0.2, 0.25) is 0 Å². The topological polar surface area (TPSA) is 92.5 Å². The Morgan fingerprint density at radius 3 is 2.25 bits per heavy atom. The molecule has 16 heavy (non-hydrogen) atoms. The molecule has 0 fully saturated rings. The molecule has 4 nitrogen and oxygen atoms in total. The summed E-state index contributed by atoms with van der Waals surface area (Å²) in [6, 6.07) is 5.06. The quantitative estimate of drug-likeness (QED) is 0.569. The second-order valence-electron chi connectivity index (χ2n) is 4.00. The Hall–Kier alpha value is -1.26. The van der Waals surface area contributed by atoms with Crippen molar-refractivity contribution >= 4 is 11.4 Å². The molecule has 2 unspecified atom stereocenters. The van der Waals surface area contributed by atoms with E-state index in [1.165, 1.54) is 0 Å². The molecule has 0 saturated heterocycles. The number of benzene rings is 1. The molecule has 0 saturated carbocycles. The number of anilines is 2. The fourth-order valence-corrected chi connectivity index (χ4v) is 1.71. The minimum atomic E-state index is -1.01. The fraction of sp³-hybridized carbons (Fsp3) is 0.500. The summed E-state index contributed by atoms with van der Waals surface area (Å²) in [5, 5.41) is 19.8. The van der Waals surface area contributed by atoms with E-state index in [1.54, 1.807) is 18.2 Å². The van der Waals surface area contributed by atoms with E-state index in [9.17, 15) is 10.2 Å². The molecule has 0 bridgehead atoms. The summed E-state index contributed by atoms with van der Waals surface area (Å²) >= 11 is 0. The summed E-state index contributed by atoms with van der Waals surface area (Å²) in [5.41, 5.74) is 12.8. The van der Waals surface area contributed by atoms with Gasteiger partial charge in [0.25, 0.3) is 0 Å². The maximum absolute atomic E-state index is 9.97. The van der Waals surface area contributed by atoms with Gasteiger partial charge >= 0.3 is 0 Å². The lowest BCUT2D eigenvalue weighted by molar-refractivity contribution is 0.0131. The van der Waals surface area contributed by atoms with Crippen molar-refractivity contribution in [3.05, 3.63) is 23.8 Å². The average Bonchev–Trinajstić information content (AvgIpc) is 2.25. The van der Waals surface area contributed by atoms with Crippen LogP contribution in [0.5, 0.6) is 0 Å². The molecule has 0 aromatic heterocycles. The van der Waals surface area contributed by atoms with Gasteiger partial charge < -0.3 is 21.7 Å². The first-order chi connectivity index (χ1) is 7.57. The van der Waals surface area contributed by atoms with Crippen molar-refractivity contribution in [2.75, 3.05) is 11.5 Å². The van der Waals surface area contributed by atoms with Gasteiger partial charge in [-0.15, -0.1) is 0 Å². The highest BCUT2D eigenvalue weighted by atomic mass is 16.3. The molecule has 6 N–H and O–H groups in total. The lowest BCUT2D eigenvalue weighted by Gasteiger charge is -2.20. The molecule has 0 radical (unpaired) electrons. The second kappa shape index (κ2) is 5.72. The fourth-order valence-electron chi connectivity index (χ4n) is 1.71. The monoisotopic (exact) mass is 224 g/mol. The zero-order chi connectivity index (χ0) is 12.1. The van der Waals surface area contributed by atoms with Crippen molar-refractivity contribution in [2.24, 2.45) is 0 Å². The molecule has 2 atom stereocenters. The Kier molecular flexibility index (Phi) is 4.58. The van der Waals surface area contributed by atoms with Gasteiger partial charge in [0.15, 0.2) is 0 Å². The van der Waals surface area contributed by atoms with Gasteiger partial charge in [-0.2, -0.15) is 0 Å². The van der Waals surface area contributed by atoms with E-state index in [0.717, 1.165) is 12.8 Å². The molecule has 0 heterocycles. The van der Waals surface area contributed by atoms with Crippen molar-refractivity contribution in [1.82, 2.24) is 0 Å². The number of aliphatic hydroxyl groups is 2. The van der Waals surface area contributed by atoms with Gasteiger partial charge in [-0.25, -0.2) is 0 Å². The van der Waals surface area contributed by atoms with Crippen LogP contribution in [-0.4, -0.2) is 16.3 Å². The highest BCUT2D eigenvalue weighted by Gasteiger charge is 2.21. The van der Waals surface area contributed by atoms with E-state index in [1.807, 2.05) is 6.92 Å². The van der Waals surface area contributed by atoms with Crippen molar-refractivity contribution in [1.29, 1.82) is 0 Å². The highest BCUT2D eigenvalue weighted by Crippen LogP contribution is 2.30. The molecule has 1 aromatic rings. The Morgan fingerprint density at radius 2 is 1.75 bits per heavy atom. The predicted molar refractivity (Wildman–Crippen MR) is 65.8 cm³/mol. The molecular formula is C12H20N2O2. The lowest BCUT2D eigenvalue weighted by Crippen LogP contribution is -2.20. The molecule has 90 valence electrons. The molecule has 4 heteroatoms. The van der Waals surface area contributed by atoms with Gasteiger partial charge in [0, 0.05) is 16.9 Å². The third-order valence-corrected chi connectivity index (χ3v) is 2.69. The highest BCUT2D eigenvalue weighted by molar-refractivity contribution is 5.62. The van der Waals surface area contributed by atoms with Crippen LogP contribution in [0, 0.1) is 0 Å². The predicted octanol–water partition coefficient (Wildman–Crippen LogP) is 1.44. The summed E-state index contributed by atoms with van der Waals surface area (Å²) in [7, 11) is 0. The first kappa shape index (κ1) is 12.8. The van der Waals surface area contributed by atoms with Gasteiger partial charge in [-0.3, -0.25) is 0 Å². The van der Waals surface area contributed by atoms with Crippen LogP contribution in [0.4, 0.5) is 11.4 Å². The van der Waals surface area contributed by atoms with Gasteiger partial charge in [0.1, 0.15) is 6.10 Å². The smallest absolute Gasteiger partial charge is 0.109 e. The maximum Gasteiger partial charge on any atom is 0.109 e. The normalized spacial score (nSPS) is 14.7. The van der Waals surface area contributed by atoms with E-state index < -0.39 is 12.2 Å². The number of aliphatic hydroxyl groups excluding tert-OH is 2. The van der Waals surface area contributed by atoms with Crippen LogP contribution in [-0.2, 0) is 0 Å². The second-order valence-corrected chi connectivity index (χ2v) is 4.00. The molecule has 0 aliphatic rings. The first-order valence-corrected chi connectivity index (χ1v) is 5.58. The molecule has 0 aliphatic carbocycles. The van der Waals surface area contributed by atoms with Crippen molar-refractivity contribution in [2.45, 2.75) is 38.4 Å². The van der Waals surface area contributed by atoms with Crippen LogP contribution in [0.15, 0.2) is 18.2 Å². The summed E-state index contributed by atoms with van der Waals surface area (Å²) in [4.78, 5) is 0. The lowest BCUT2D eigenvalue weighted by atomic mass is 9.97. The zero-order valence-electron chi connectivity index (χ0n) is 9.56. The molecular weight excluding hydrogens is 204 g/mol. The average molecular weight is 224 g/mol. The van der Waals surface area contributed by atoms with Gasteiger partial charge in [-0.05, 0) is 18.6 Å². The number of unbranched alkanes of at least 4 members (excludes halogenated alkanes) is 1. The van der Waals surface area contributed by atoms with Crippen LogP contribution in [0.3, 0.4) is 0 Å². The Balaban J connectivity index is 2.82. The minimum Gasteiger partial charge on any atom is -0.398 e. The Morgan fingerprint density at radius 1 is 1.19 bits per heavy atom. The third-order valence-electron chi connectivity index (χ3n) is 2.69. The molecule has 0 aliphatic heterocycles. The Labute approximate surface area is 95.9 Å². The standard InChI is InChI=1S/C12H20N2O2/c1-2-3-7-10(15)12(16)11-8(13)5-4-6-9(11)14/h4-6,10,12,15-16H,2-3,7,13-14H2,1H3. The molecule has 1 rings (SSSR count). The molecule has 0 spiro atoms. The van der Waals surface area contributed by atoms with E-state index in [-0.39, 0.29) is 0 Å². The van der Waals surface area contributed by atoms with Gasteiger partial charge in [-0.1, -0.05) is 25.8 Å². The van der Waals surface area contributed by atoms with Gasteiger partial charge in [0.05, 0.1) is 6.10 Å². The SMILES string of the molecule is CCCCC(O)C(O)c1c(N)cccc1N. The Bertz CT molecular complexity index is 322. The number of hydrogen-bond acceptors (Lipinski definition) is 4. The summed E-state index contributed by atoms with van der Waals surface area (Å²) in [6.45, 7) is 2.03.